The number of hydrogen-bond acceptors (Lipinski definition) is 3. The highest BCUT2D eigenvalue weighted by atomic mass is 79.9. The Labute approximate surface area is 254 Å². The predicted molar refractivity (Wildman–Crippen MR) is 157 cm³/mol. The van der Waals surface area contributed by atoms with Crippen LogP contribution in [0, 0.1) is 29.1 Å². The number of piperidine rings is 1. The topological polar surface area (TPSA) is 58.4 Å². The normalized spacial score (nSPS) is 32.4. The molecular weight excluding hydrogens is 609 g/mol. The fraction of sp³-hybridized carbons (Fsp3) is 0.719. The molecule has 1 aromatic heterocycles. The molecule has 2 amide bonds. The fourth-order valence-corrected chi connectivity index (χ4v) is 8.76. The van der Waals surface area contributed by atoms with Gasteiger partial charge in [-0.25, -0.2) is 4.98 Å². The molecule has 0 N–H and O–H groups in total. The summed E-state index contributed by atoms with van der Waals surface area (Å²) in [6.07, 6.45) is 7.18. The number of aryl methyl sites for hydroxylation is 1. The number of amides is 2. The van der Waals surface area contributed by atoms with Crippen molar-refractivity contribution in [2.75, 3.05) is 13.1 Å². The Kier molecular flexibility index (Phi) is 7.71. The van der Waals surface area contributed by atoms with Crippen LogP contribution < -0.4 is 0 Å². The van der Waals surface area contributed by atoms with E-state index in [4.69, 9.17) is 4.98 Å². The second kappa shape index (κ2) is 10.8. The maximum atomic E-state index is 14.7. The number of hydrogen-bond donors (Lipinski definition) is 0. The van der Waals surface area contributed by atoms with Crippen LogP contribution in [0.25, 0.3) is 0 Å². The van der Waals surface area contributed by atoms with Crippen molar-refractivity contribution in [3.05, 3.63) is 39.9 Å². The number of allylic oxidation sites excluding steroid dienone is 2. The van der Waals surface area contributed by atoms with E-state index >= 15 is 0 Å². The molecule has 1 saturated carbocycles. The van der Waals surface area contributed by atoms with E-state index in [-0.39, 0.29) is 43.2 Å². The highest BCUT2D eigenvalue weighted by molar-refractivity contribution is 9.11. The summed E-state index contributed by atoms with van der Waals surface area (Å²) in [5.41, 5.74) is 0.611. The van der Waals surface area contributed by atoms with Crippen LogP contribution in [0.5, 0.6) is 0 Å². The first-order valence-electron chi connectivity index (χ1n) is 15.7. The van der Waals surface area contributed by atoms with Gasteiger partial charge in [0.05, 0.1) is 23.2 Å². The average Bonchev–Trinajstić information content (AvgIpc) is 3.65. The molecule has 6 rings (SSSR count). The Hall–Kier alpha value is -2.10. The molecule has 42 heavy (non-hydrogen) atoms. The van der Waals surface area contributed by atoms with E-state index < -0.39 is 23.6 Å². The molecule has 0 radical (unpaired) electrons. The lowest BCUT2D eigenvalue weighted by Crippen LogP contribution is -2.52. The maximum Gasteiger partial charge on any atom is 0.389 e. The summed E-state index contributed by atoms with van der Waals surface area (Å²) in [4.78, 5) is 37.1. The van der Waals surface area contributed by atoms with E-state index in [9.17, 15) is 22.8 Å². The quantitative estimate of drug-likeness (QED) is 0.335. The van der Waals surface area contributed by atoms with Gasteiger partial charge in [-0.2, -0.15) is 13.2 Å². The number of rotatable bonds is 7. The van der Waals surface area contributed by atoms with Gasteiger partial charge in [0, 0.05) is 48.1 Å². The van der Waals surface area contributed by atoms with Gasteiger partial charge in [-0.05, 0) is 76.2 Å². The Morgan fingerprint density at radius 1 is 1.21 bits per heavy atom. The van der Waals surface area contributed by atoms with Gasteiger partial charge in [-0.15, -0.1) is 0 Å². The number of nitrogens with zero attached hydrogens (tertiary/aromatic N) is 4. The van der Waals surface area contributed by atoms with Gasteiger partial charge >= 0.3 is 6.18 Å². The molecule has 1 aromatic rings. The van der Waals surface area contributed by atoms with Crippen LogP contribution >= 0.6 is 15.9 Å². The second-order valence-electron chi connectivity index (χ2n) is 13.7. The molecule has 230 valence electrons. The maximum absolute atomic E-state index is 14.7. The highest BCUT2D eigenvalue weighted by Gasteiger charge is 2.65. The van der Waals surface area contributed by atoms with Crippen LogP contribution in [0.15, 0.2) is 22.7 Å². The average molecular weight is 652 g/mol. The zero-order chi connectivity index (χ0) is 30.0. The van der Waals surface area contributed by atoms with Crippen molar-refractivity contribution in [3.63, 3.8) is 0 Å². The Morgan fingerprint density at radius 2 is 1.98 bits per heavy atom. The van der Waals surface area contributed by atoms with Crippen LogP contribution in [0.1, 0.15) is 82.9 Å². The van der Waals surface area contributed by atoms with E-state index in [1.807, 2.05) is 20.4 Å². The third-order valence-corrected chi connectivity index (χ3v) is 11.2. The number of imidazole rings is 1. The molecule has 3 fully saturated rings. The van der Waals surface area contributed by atoms with Crippen LogP contribution in [0.2, 0.25) is 0 Å². The molecule has 5 atom stereocenters. The minimum absolute atomic E-state index is 0.0116. The molecule has 2 aliphatic heterocycles. The molecule has 3 heterocycles. The van der Waals surface area contributed by atoms with Crippen molar-refractivity contribution in [1.82, 2.24) is 19.4 Å². The first-order chi connectivity index (χ1) is 19.8. The fourth-order valence-electron chi connectivity index (χ4n) is 8.37. The number of halogens is 4. The standard InChI is InChI=1S/C32H42BrF3N4O2/c1-20(2)22-17-23(22)28(41)38-14-6-11-31(19-38)26-16-21(33)10-13-30(26,3)40(29(31)42)18-27-37-24-8-4-5-9-25(24)39(27)15-7-12-32(34,35)36/h10,13,16,20,22-23,26H,4-9,11-12,14-15,17-19H2,1-3H3. The summed E-state index contributed by atoms with van der Waals surface area (Å²) in [7, 11) is 0. The summed E-state index contributed by atoms with van der Waals surface area (Å²) in [5.74, 6) is 1.69. The van der Waals surface area contributed by atoms with Gasteiger partial charge in [0.15, 0.2) is 0 Å². The summed E-state index contributed by atoms with van der Waals surface area (Å²) < 4.78 is 42.1. The Bertz CT molecular complexity index is 1320. The van der Waals surface area contributed by atoms with Crippen molar-refractivity contribution in [2.24, 2.45) is 29.1 Å². The zero-order valence-electron chi connectivity index (χ0n) is 24.9. The summed E-state index contributed by atoms with van der Waals surface area (Å²) in [6.45, 7) is 7.99. The van der Waals surface area contributed by atoms with Gasteiger partial charge in [0.2, 0.25) is 11.8 Å². The van der Waals surface area contributed by atoms with Gasteiger partial charge < -0.3 is 14.4 Å². The number of fused-ring (bicyclic) bond motifs is 3. The highest BCUT2D eigenvalue weighted by Crippen LogP contribution is 2.57. The van der Waals surface area contributed by atoms with Gasteiger partial charge in [-0.3, -0.25) is 9.59 Å². The Morgan fingerprint density at radius 3 is 2.69 bits per heavy atom. The first kappa shape index (κ1) is 29.9. The lowest BCUT2D eigenvalue weighted by atomic mass is 9.65. The minimum atomic E-state index is -4.20. The molecular formula is C32H42BrF3N4O2. The van der Waals surface area contributed by atoms with Crippen LogP contribution in [0.4, 0.5) is 13.2 Å². The third-order valence-electron chi connectivity index (χ3n) is 10.7. The van der Waals surface area contributed by atoms with E-state index in [0.717, 1.165) is 54.4 Å². The smallest absolute Gasteiger partial charge is 0.341 e. The van der Waals surface area contributed by atoms with Crippen molar-refractivity contribution < 1.29 is 22.8 Å². The number of carbonyl (C=O) groups excluding carboxylic acids is 2. The zero-order valence-corrected chi connectivity index (χ0v) is 26.4. The lowest BCUT2D eigenvalue weighted by molar-refractivity contribution is -0.145. The number of aromatic nitrogens is 2. The molecule has 6 nitrogen and oxygen atoms in total. The molecule has 1 spiro atoms. The largest absolute Gasteiger partial charge is 0.389 e. The molecule has 0 aromatic carbocycles. The molecule has 0 bridgehead atoms. The molecule has 2 saturated heterocycles. The molecule has 5 aliphatic rings. The number of likely N-dealkylation sites (tertiary alicyclic amines) is 2. The first-order valence-corrected chi connectivity index (χ1v) is 16.4. The number of carbonyl (C=O) groups is 2. The predicted octanol–water partition coefficient (Wildman–Crippen LogP) is 6.57. The van der Waals surface area contributed by atoms with Crippen molar-refractivity contribution in [1.29, 1.82) is 0 Å². The Balaban J connectivity index is 1.32. The van der Waals surface area contributed by atoms with E-state index in [0.29, 0.717) is 37.2 Å². The molecule has 5 unspecified atom stereocenters. The van der Waals surface area contributed by atoms with E-state index in [1.165, 1.54) is 0 Å². The SMILES string of the molecule is CC(C)C1CC1C(=O)N1CCCC2(C1)C(=O)N(Cc1nc3c(n1CCCC(F)(F)F)CCCC3)C1(C)C=CC(Br)=CC21. The second-order valence-corrected chi connectivity index (χ2v) is 14.7. The van der Waals surface area contributed by atoms with Crippen molar-refractivity contribution >= 4 is 27.7 Å². The summed E-state index contributed by atoms with van der Waals surface area (Å²) in [5, 5.41) is 0. The molecule has 10 heteroatoms. The van der Waals surface area contributed by atoms with E-state index in [2.05, 4.69) is 48.9 Å². The monoisotopic (exact) mass is 650 g/mol. The van der Waals surface area contributed by atoms with E-state index in [1.54, 1.807) is 0 Å². The number of alkyl halides is 3. The summed E-state index contributed by atoms with van der Waals surface area (Å²) in [6, 6.07) is 0. The molecule has 3 aliphatic carbocycles. The van der Waals surface area contributed by atoms with Crippen LogP contribution in [-0.2, 0) is 35.5 Å². The minimum Gasteiger partial charge on any atom is -0.341 e. The van der Waals surface area contributed by atoms with Gasteiger partial charge in [-0.1, -0.05) is 41.9 Å². The van der Waals surface area contributed by atoms with Crippen LogP contribution in [-0.4, -0.2) is 56.0 Å². The van der Waals surface area contributed by atoms with Crippen LogP contribution in [0.3, 0.4) is 0 Å². The third kappa shape index (κ3) is 5.17. The lowest BCUT2D eigenvalue weighted by Gasteiger charge is -2.44. The van der Waals surface area contributed by atoms with Gasteiger partial charge in [0.1, 0.15) is 5.82 Å². The van der Waals surface area contributed by atoms with Crippen molar-refractivity contribution in [3.8, 4) is 0 Å². The van der Waals surface area contributed by atoms with Crippen molar-refractivity contribution in [2.45, 2.75) is 103 Å². The summed E-state index contributed by atoms with van der Waals surface area (Å²) >= 11 is 3.66. The van der Waals surface area contributed by atoms with Gasteiger partial charge in [0.25, 0.3) is 0 Å².